The first-order valence-corrected chi connectivity index (χ1v) is 5.27. The van der Waals surface area contributed by atoms with Crippen LogP contribution in [0.1, 0.15) is 18.6 Å². The summed E-state index contributed by atoms with van der Waals surface area (Å²) in [5.74, 6) is 0.561. The highest BCUT2D eigenvalue weighted by molar-refractivity contribution is 6.28. The summed E-state index contributed by atoms with van der Waals surface area (Å²) in [6.07, 6.45) is 1.45. The summed E-state index contributed by atoms with van der Waals surface area (Å²) in [6, 6.07) is 3.38. The Hall–Kier alpha value is -1.00. The Labute approximate surface area is 92.5 Å². The number of carbonyl (C=O) groups excluding carboxylic acids is 1. The number of rotatable bonds is 3. The second-order valence-corrected chi connectivity index (χ2v) is 3.80. The number of hydrogen-bond donors (Lipinski definition) is 1. The summed E-state index contributed by atoms with van der Waals surface area (Å²) in [5, 5.41) is 3.07. The molecule has 1 atom stereocenters. The van der Waals surface area contributed by atoms with Gasteiger partial charge in [-0.05, 0) is 36.6 Å². The van der Waals surface area contributed by atoms with E-state index in [1.807, 2.05) is 0 Å². The van der Waals surface area contributed by atoms with Gasteiger partial charge in [0.15, 0.2) is 5.22 Å². The van der Waals surface area contributed by atoms with Crippen molar-refractivity contribution in [2.75, 3.05) is 6.61 Å². The van der Waals surface area contributed by atoms with E-state index >= 15 is 0 Å². The number of hydrogen-bond acceptors (Lipinski definition) is 3. The maximum absolute atomic E-state index is 11.5. The quantitative estimate of drug-likeness (QED) is 0.859. The second-order valence-electron chi connectivity index (χ2n) is 3.43. The largest absolute Gasteiger partial charge is 0.448 e. The third-order valence-corrected chi connectivity index (χ3v) is 2.49. The predicted octanol–water partition coefficient (Wildman–Crippen LogP) is 1.73. The van der Waals surface area contributed by atoms with Crippen LogP contribution in [0, 0.1) is 0 Å². The van der Waals surface area contributed by atoms with Gasteiger partial charge in [0.2, 0.25) is 5.91 Å². The van der Waals surface area contributed by atoms with Crippen LogP contribution in [0.25, 0.3) is 0 Å². The molecule has 1 aliphatic heterocycles. The van der Waals surface area contributed by atoms with E-state index in [0.717, 1.165) is 12.8 Å². The molecule has 1 aromatic rings. The molecule has 1 unspecified atom stereocenters. The molecule has 2 heterocycles. The fourth-order valence-corrected chi connectivity index (χ4v) is 1.68. The zero-order valence-electron chi connectivity index (χ0n) is 8.16. The van der Waals surface area contributed by atoms with Crippen LogP contribution in [-0.4, -0.2) is 18.6 Å². The van der Waals surface area contributed by atoms with Gasteiger partial charge in [-0.15, -0.1) is 0 Å². The predicted molar refractivity (Wildman–Crippen MR) is 54.5 cm³/mol. The van der Waals surface area contributed by atoms with Gasteiger partial charge in [-0.3, -0.25) is 4.79 Å². The van der Waals surface area contributed by atoms with E-state index < -0.39 is 0 Å². The highest BCUT2D eigenvalue weighted by Gasteiger charge is 2.23. The Morgan fingerprint density at radius 2 is 2.47 bits per heavy atom. The van der Waals surface area contributed by atoms with Gasteiger partial charge in [0.1, 0.15) is 11.9 Å². The molecule has 1 saturated heterocycles. The van der Waals surface area contributed by atoms with E-state index in [2.05, 4.69) is 5.32 Å². The molecule has 2 rings (SSSR count). The summed E-state index contributed by atoms with van der Waals surface area (Å²) in [5.41, 5.74) is 0. The Bertz CT molecular complexity index is 344. The first-order chi connectivity index (χ1) is 7.25. The minimum Gasteiger partial charge on any atom is -0.448 e. The van der Waals surface area contributed by atoms with Crippen molar-refractivity contribution in [2.45, 2.75) is 25.5 Å². The molecule has 82 valence electrons. The van der Waals surface area contributed by atoms with Gasteiger partial charge in [0.05, 0.1) is 6.54 Å². The molecule has 1 amide bonds. The molecule has 0 radical (unpaired) electrons. The third-order valence-electron chi connectivity index (χ3n) is 2.29. The van der Waals surface area contributed by atoms with Crippen molar-refractivity contribution in [3.05, 3.63) is 23.1 Å². The smallest absolute Gasteiger partial charge is 0.249 e. The van der Waals surface area contributed by atoms with E-state index in [0.29, 0.717) is 24.1 Å². The lowest BCUT2D eigenvalue weighted by Gasteiger charge is -2.08. The van der Waals surface area contributed by atoms with Crippen LogP contribution in [0.2, 0.25) is 5.22 Å². The maximum Gasteiger partial charge on any atom is 0.249 e. The Balaban J connectivity index is 1.80. The minimum atomic E-state index is -0.296. The molecular formula is C10H12ClNO3. The van der Waals surface area contributed by atoms with Crippen molar-refractivity contribution in [1.82, 2.24) is 5.32 Å². The van der Waals surface area contributed by atoms with Crippen molar-refractivity contribution in [2.24, 2.45) is 0 Å². The lowest BCUT2D eigenvalue weighted by molar-refractivity contribution is -0.130. The number of halogens is 1. The Morgan fingerprint density at radius 3 is 3.07 bits per heavy atom. The van der Waals surface area contributed by atoms with E-state index in [1.165, 1.54) is 0 Å². The SMILES string of the molecule is O=C(NCc1ccc(Cl)o1)C1CCCO1. The number of amides is 1. The van der Waals surface area contributed by atoms with Gasteiger partial charge in [-0.1, -0.05) is 0 Å². The molecule has 15 heavy (non-hydrogen) atoms. The molecule has 0 aliphatic carbocycles. The van der Waals surface area contributed by atoms with Crippen LogP contribution in [-0.2, 0) is 16.1 Å². The normalized spacial score (nSPS) is 20.5. The van der Waals surface area contributed by atoms with E-state index in [9.17, 15) is 4.79 Å². The average molecular weight is 230 g/mol. The van der Waals surface area contributed by atoms with Crippen LogP contribution < -0.4 is 5.32 Å². The van der Waals surface area contributed by atoms with Crippen molar-refractivity contribution >= 4 is 17.5 Å². The molecule has 5 heteroatoms. The van der Waals surface area contributed by atoms with E-state index in [1.54, 1.807) is 12.1 Å². The average Bonchev–Trinajstić information content (AvgIpc) is 2.84. The van der Waals surface area contributed by atoms with Crippen LogP contribution in [0.5, 0.6) is 0 Å². The lowest BCUT2D eigenvalue weighted by Crippen LogP contribution is -2.33. The molecule has 0 spiro atoms. The standard InChI is InChI=1S/C10H12ClNO3/c11-9-4-3-7(15-9)6-12-10(13)8-2-1-5-14-8/h3-4,8H,1-2,5-6H2,(H,12,13). The molecule has 1 aliphatic rings. The lowest BCUT2D eigenvalue weighted by atomic mass is 10.2. The van der Waals surface area contributed by atoms with Crippen molar-refractivity contribution in [3.63, 3.8) is 0 Å². The van der Waals surface area contributed by atoms with Gasteiger partial charge >= 0.3 is 0 Å². The van der Waals surface area contributed by atoms with Gasteiger partial charge in [0.25, 0.3) is 0 Å². The van der Waals surface area contributed by atoms with Crippen LogP contribution in [0.3, 0.4) is 0 Å². The molecule has 4 nitrogen and oxygen atoms in total. The topological polar surface area (TPSA) is 51.5 Å². The zero-order valence-corrected chi connectivity index (χ0v) is 8.92. The van der Waals surface area contributed by atoms with Crippen molar-refractivity contribution < 1.29 is 13.9 Å². The second kappa shape index (κ2) is 4.68. The molecule has 1 fully saturated rings. The molecular weight excluding hydrogens is 218 g/mol. The van der Waals surface area contributed by atoms with Crippen LogP contribution >= 0.6 is 11.6 Å². The van der Waals surface area contributed by atoms with Gasteiger partial charge in [-0.25, -0.2) is 0 Å². The summed E-state index contributed by atoms with van der Waals surface area (Å²) in [7, 11) is 0. The Kier molecular flexibility index (Phi) is 3.28. The van der Waals surface area contributed by atoms with Crippen molar-refractivity contribution in [1.29, 1.82) is 0 Å². The summed E-state index contributed by atoms with van der Waals surface area (Å²) in [6.45, 7) is 1.02. The molecule has 0 saturated carbocycles. The molecule has 0 bridgehead atoms. The highest BCUT2D eigenvalue weighted by atomic mass is 35.5. The summed E-state index contributed by atoms with van der Waals surface area (Å²) < 4.78 is 10.3. The Morgan fingerprint density at radius 1 is 1.60 bits per heavy atom. The first kappa shape index (κ1) is 10.5. The monoisotopic (exact) mass is 229 g/mol. The third kappa shape index (κ3) is 2.73. The van der Waals surface area contributed by atoms with Crippen LogP contribution in [0.4, 0.5) is 0 Å². The van der Waals surface area contributed by atoms with E-state index in [-0.39, 0.29) is 12.0 Å². The number of furan rings is 1. The molecule has 0 aromatic carbocycles. The fraction of sp³-hybridized carbons (Fsp3) is 0.500. The first-order valence-electron chi connectivity index (χ1n) is 4.89. The summed E-state index contributed by atoms with van der Waals surface area (Å²) >= 11 is 5.60. The van der Waals surface area contributed by atoms with Gasteiger partial charge in [0, 0.05) is 6.61 Å². The molecule has 1 aromatic heterocycles. The van der Waals surface area contributed by atoms with Gasteiger partial charge < -0.3 is 14.5 Å². The zero-order chi connectivity index (χ0) is 10.7. The highest BCUT2D eigenvalue weighted by Crippen LogP contribution is 2.14. The number of carbonyl (C=O) groups is 1. The van der Waals surface area contributed by atoms with Crippen LogP contribution in [0.15, 0.2) is 16.5 Å². The maximum atomic E-state index is 11.5. The number of ether oxygens (including phenoxy) is 1. The summed E-state index contributed by atoms with van der Waals surface area (Å²) in [4.78, 5) is 11.5. The van der Waals surface area contributed by atoms with E-state index in [4.69, 9.17) is 20.8 Å². The van der Waals surface area contributed by atoms with Gasteiger partial charge in [-0.2, -0.15) is 0 Å². The molecule has 1 N–H and O–H groups in total. The number of nitrogens with one attached hydrogen (secondary N) is 1. The minimum absolute atomic E-state index is 0.0833. The fourth-order valence-electron chi connectivity index (χ4n) is 1.52. The van der Waals surface area contributed by atoms with Crippen molar-refractivity contribution in [3.8, 4) is 0 Å².